The van der Waals surface area contributed by atoms with Gasteiger partial charge in [0.05, 0.1) is 6.54 Å². The van der Waals surface area contributed by atoms with Gasteiger partial charge < -0.3 is 4.52 Å². The van der Waals surface area contributed by atoms with Crippen LogP contribution in [-0.4, -0.2) is 28.1 Å². The van der Waals surface area contributed by atoms with E-state index in [4.69, 9.17) is 4.52 Å². The number of piperidine rings is 1. The second-order valence-electron chi connectivity index (χ2n) is 5.82. The van der Waals surface area contributed by atoms with Crippen LogP contribution in [0.1, 0.15) is 49.4 Å². The van der Waals surface area contributed by atoms with Crippen LogP contribution < -0.4 is 0 Å². The molecule has 0 unspecified atom stereocenters. The van der Waals surface area contributed by atoms with E-state index >= 15 is 0 Å². The molecule has 0 amide bonds. The zero-order chi connectivity index (χ0) is 14.5. The quantitative estimate of drug-likeness (QED) is 0.844. The third-order valence-corrected chi connectivity index (χ3v) is 4.20. The van der Waals surface area contributed by atoms with Gasteiger partial charge in [0.2, 0.25) is 5.89 Å². The van der Waals surface area contributed by atoms with Gasteiger partial charge in [-0.25, -0.2) is 0 Å². The lowest BCUT2D eigenvalue weighted by Crippen LogP contribution is -2.32. The third-order valence-electron chi connectivity index (χ3n) is 4.20. The molecule has 2 aromatic rings. The SMILES string of the molecule is CCCc1noc(CN2CCC(c3ccccc3)CC2)n1. The van der Waals surface area contributed by atoms with Crippen molar-refractivity contribution in [2.24, 2.45) is 0 Å². The average Bonchev–Trinajstić information content (AvgIpc) is 2.97. The van der Waals surface area contributed by atoms with Gasteiger partial charge in [0.1, 0.15) is 0 Å². The third kappa shape index (κ3) is 3.70. The zero-order valence-corrected chi connectivity index (χ0v) is 12.7. The Bertz CT molecular complexity index is 544. The minimum Gasteiger partial charge on any atom is -0.338 e. The molecule has 0 aliphatic carbocycles. The van der Waals surface area contributed by atoms with Crippen molar-refractivity contribution >= 4 is 0 Å². The van der Waals surface area contributed by atoms with Crippen LogP contribution in [-0.2, 0) is 13.0 Å². The average molecular weight is 285 g/mol. The van der Waals surface area contributed by atoms with Crippen molar-refractivity contribution in [3.8, 4) is 0 Å². The number of likely N-dealkylation sites (tertiary alicyclic amines) is 1. The highest BCUT2D eigenvalue weighted by Gasteiger charge is 2.21. The number of aromatic nitrogens is 2. The molecule has 112 valence electrons. The summed E-state index contributed by atoms with van der Waals surface area (Å²) in [5, 5.41) is 4.02. The number of aryl methyl sites for hydroxylation is 1. The van der Waals surface area contributed by atoms with Gasteiger partial charge in [0, 0.05) is 6.42 Å². The number of hydrogen-bond donors (Lipinski definition) is 0. The van der Waals surface area contributed by atoms with Crippen molar-refractivity contribution in [2.45, 2.75) is 45.1 Å². The summed E-state index contributed by atoms with van der Waals surface area (Å²) in [5.41, 5.74) is 1.47. The fraction of sp³-hybridized carbons (Fsp3) is 0.529. The summed E-state index contributed by atoms with van der Waals surface area (Å²) in [6.45, 7) is 5.12. The highest BCUT2D eigenvalue weighted by atomic mass is 16.5. The van der Waals surface area contributed by atoms with E-state index in [9.17, 15) is 0 Å². The van der Waals surface area contributed by atoms with Gasteiger partial charge in [-0.3, -0.25) is 4.90 Å². The summed E-state index contributed by atoms with van der Waals surface area (Å²) in [6.07, 6.45) is 4.38. The van der Waals surface area contributed by atoms with Crippen molar-refractivity contribution < 1.29 is 4.52 Å². The lowest BCUT2D eigenvalue weighted by molar-refractivity contribution is 0.181. The smallest absolute Gasteiger partial charge is 0.240 e. The topological polar surface area (TPSA) is 42.2 Å². The van der Waals surface area contributed by atoms with Gasteiger partial charge in [-0.2, -0.15) is 4.98 Å². The molecule has 1 aromatic carbocycles. The molecule has 1 fully saturated rings. The Balaban J connectivity index is 1.51. The Morgan fingerprint density at radius 1 is 1.19 bits per heavy atom. The monoisotopic (exact) mass is 285 g/mol. The molecule has 0 radical (unpaired) electrons. The largest absolute Gasteiger partial charge is 0.338 e. The van der Waals surface area contributed by atoms with Crippen LogP contribution >= 0.6 is 0 Å². The minimum absolute atomic E-state index is 0.695. The molecule has 1 aromatic heterocycles. The van der Waals surface area contributed by atoms with Crippen LogP contribution in [0.5, 0.6) is 0 Å². The number of benzene rings is 1. The Kier molecular flexibility index (Phi) is 4.65. The van der Waals surface area contributed by atoms with Crippen LogP contribution in [0.25, 0.3) is 0 Å². The maximum atomic E-state index is 5.33. The van der Waals surface area contributed by atoms with E-state index in [0.29, 0.717) is 5.92 Å². The van der Waals surface area contributed by atoms with Gasteiger partial charge in [-0.15, -0.1) is 0 Å². The molecular formula is C17H23N3O. The Morgan fingerprint density at radius 3 is 2.67 bits per heavy atom. The summed E-state index contributed by atoms with van der Waals surface area (Å²) in [7, 11) is 0. The van der Waals surface area contributed by atoms with Gasteiger partial charge in [0.15, 0.2) is 5.82 Å². The van der Waals surface area contributed by atoms with Gasteiger partial charge >= 0.3 is 0 Å². The molecule has 0 bridgehead atoms. The number of rotatable bonds is 5. The number of nitrogens with zero attached hydrogens (tertiary/aromatic N) is 3. The fourth-order valence-corrected chi connectivity index (χ4v) is 3.02. The van der Waals surface area contributed by atoms with E-state index in [0.717, 1.165) is 44.2 Å². The normalized spacial score (nSPS) is 17.2. The molecule has 0 atom stereocenters. The predicted molar refractivity (Wildman–Crippen MR) is 82.0 cm³/mol. The molecule has 0 saturated carbocycles. The second kappa shape index (κ2) is 6.85. The molecule has 4 nitrogen and oxygen atoms in total. The maximum Gasteiger partial charge on any atom is 0.240 e. The summed E-state index contributed by atoms with van der Waals surface area (Å²) in [6, 6.07) is 10.8. The zero-order valence-electron chi connectivity index (χ0n) is 12.7. The fourth-order valence-electron chi connectivity index (χ4n) is 3.02. The first-order valence-electron chi connectivity index (χ1n) is 7.94. The van der Waals surface area contributed by atoms with E-state index in [1.807, 2.05) is 0 Å². The van der Waals surface area contributed by atoms with E-state index in [1.165, 1.54) is 18.4 Å². The molecule has 0 N–H and O–H groups in total. The predicted octanol–water partition coefficient (Wildman–Crippen LogP) is 3.40. The lowest BCUT2D eigenvalue weighted by Gasteiger charge is -2.31. The molecule has 4 heteroatoms. The molecule has 21 heavy (non-hydrogen) atoms. The van der Waals surface area contributed by atoms with Crippen molar-refractivity contribution in [1.82, 2.24) is 15.0 Å². The van der Waals surface area contributed by atoms with Crippen molar-refractivity contribution in [3.63, 3.8) is 0 Å². The van der Waals surface area contributed by atoms with E-state index in [-0.39, 0.29) is 0 Å². The summed E-state index contributed by atoms with van der Waals surface area (Å²) in [4.78, 5) is 6.87. The van der Waals surface area contributed by atoms with Crippen molar-refractivity contribution in [1.29, 1.82) is 0 Å². The first-order valence-corrected chi connectivity index (χ1v) is 7.94. The minimum atomic E-state index is 0.695. The highest BCUT2D eigenvalue weighted by Crippen LogP contribution is 2.28. The van der Waals surface area contributed by atoms with Gasteiger partial charge in [-0.05, 0) is 43.8 Å². The molecule has 1 saturated heterocycles. The van der Waals surface area contributed by atoms with Crippen molar-refractivity contribution in [3.05, 3.63) is 47.6 Å². The van der Waals surface area contributed by atoms with E-state index in [2.05, 4.69) is 52.3 Å². The molecule has 3 rings (SSSR count). The summed E-state index contributed by atoms with van der Waals surface area (Å²) < 4.78 is 5.33. The summed E-state index contributed by atoms with van der Waals surface area (Å²) in [5.74, 6) is 2.30. The van der Waals surface area contributed by atoms with Crippen LogP contribution in [0, 0.1) is 0 Å². The van der Waals surface area contributed by atoms with Crippen LogP contribution in [0.4, 0.5) is 0 Å². The highest BCUT2D eigenvalue weighted by molar-refractivity contribution is 5.20. The van der Waals surface area contributed by atoms with Crippen LogP contribution in [0.2, 0.25) is 0 Å². The van der Waals surface area contributed by atoms with Gasteiger partial charge in [-0.1, -0.05) is 42.4 Å². The Hall–Kier alpha value is -1.68. The molecule has 0 spiro atoms. The number of hydrogen-bond acceptors (Lipinski definition) is 4. The van der Waals surface area contributed by atoms with E-state index in [1.54, 1.807) is 0 Å². The first kappa shape index (κ1) is 14.3. The summed E-state index contributed by atoms with van der Waals surface area (Å²) >= 11 is 0. The molecule has 1 aliphatic rings. The van der Waals surface area contributed by atoms with Crippen LogP contribution in [0.15, 0.2) is 34.9 Å². The molecule has 1 aliphatic heterocycles. The van der Waals surface area contributed by atoms with Crippen LogP contribution in [0.3, 0.4) is 0 Å². The lowest BCUT2D eigenvalue weighted by atomic mass is 9.89. The second-order valence-corrected chi connectivity index (χ2v) is 5.82. The van der Waals surface area contributed by atoms with E-state index < -0.39 is 0 Å². The van der Waals surface area contributed by atoms with Gasteiger partial charge in [0.25, 0.3) is 0 Å². The first-order chi connectivity index (χ1) is 10.3. The standard InChI is InChI=1S/C17H23N3O/c1-2-6-16-18-17(21-19-16)13-20-11-9-15(10-12-20)14-7-4-3-5-8-14/h3-5,7-8,15H,2,6,9-13H2,1H3. The Morgan fingerprint density at radius 2 is 1.95 bits per heavy atom. The maximum absolute atomic E-state index is 5.33. The Labute approximate surface area is 126 Å². The molecule has 2 heterocycles. The van der Waals surface area contributed by atoms with Crippen molar-refractivity contribution in [2.75, 3.05) is 13.1 Å². The molecular weight excluding hydrogens is 262 g/mol.